The molecule has 2 fully saturated rings. The minimum atomic E-state index is -0.282. The highest BCUT2D eigenvalue weighted by Gasteiger charge is 2.49. The summed E-state index contributed by atoms with van der Waals surface area (Å²) in [7, 11) is 0. The lowest BCUT2D eigenvalue weighted by atomic mass is 9.97. The number of fused-ring (bicyclic) bond motifs is 1. The summed E-state index contributed by atoms with van der Waals surface area (Å²) in [5.74, 6) is -0.476. The molecule has 0 radical (unpaired) electrons. The Hall–Kier alpha value is -2.08. The summed E-state index contributed by atoms with van der Waals surface area (Å²) in [6, 6.07) is 6.43. The predicted molar refractivity (Wildman–Crippen MR) is 78.8 cm³/mol. The fourth-order valence-electron chi connectivity index (χ4n) is 3.02. The summed E-state index contributed by atoms with van der Waals surface area (Å²) in [5, 5.41) is 0. The fraction of sp³-hybridized carbons (Fsp3) is 0.467. The van der Waals surface area contributed by atoms with Crippen molar-refractivity contribution >= 4 is 23.3 Å². The second-order valence-electron chi connectivity index (χ2n) is 5.46. The van der Waals surface area contributed by atoms with Gasteiger partial charge < -0.3 is 15.4 Å². The van der Waals surface area contributed by atoms with Crippen molar-refractivity contribution in [2.75, 3.05) is 30.4 Å². The first kappa shape index (κ1) is 13.9. The van der Waals surface area contributed by atoms with Crippen molar-refractivity contribution in [1.82, 2.24) is 4.90 Å². The molecule has 2 aliphatic rings. The maximum atomic E-state index is 12.7. The molecule has 0 saturated carbocycles. The van der Waals surface area contributed by atoms with Crippen LogP contribution in [0.2, 0.25) is 0 Å². The number of ether oxygens (including phenoxy) is 1. The number of anilines is 2. The van der Waals surface area contributed by atoms with E-state index in [0.29, 0.717) is 31.1 Å². The topological polar surface area (TPSA) is 75.9 Å². The summed E-state index contributed by atoms with van der Waals surface area (Å²) in [4.78, 5) is 28.3. The number of urea groups is 1. The third kappa shape index (κ3) is 2.25. The van der Waals surface area contributed by atoms with E-state index in [0.717, 1.165) is 6.42 Å². The number of hydrogen-bond acceptors (Lipinski definition) is 4. The number of carbonyl (C=O) groups is 2. The van der Waals surface area contributed by atoms with Gasteiger partial charge in [0.25, 0.3) is 0 Å². The Balaban J connectivity index is 1.99. The number of benzene rings is 1. The average molecular weight is 289 g/mol. The van der Waals surface area contributed by atoms with Crippen LogP contribution in [-0.4, -0.2) is 42.6 Å². The summed E-state index contributed by atoms with van der Waals surface area (Å²) in [6.07, 6.45) is 0.841. The van der Waals surface area contributed by atoms with E-state index in [-0.39, 0.29) is 23.9 Å². The van der Waals surface area contributed by atoms with Gasteiger partial charge in [-0.1, -0.05) is 13.0 Å². The lowest BCUT2D eigenvalue weighted by molar-refractivity contribution is -0.124. The standard InChI is InChI=1S/C15H19N3O3/c1-2-6-17-13-9-21-8-12(13)14(19)18(15(17)20)11-5-3-4-10(16)7-11/h3-5,7,12-13H,2,6,8-9,16H2,1H3. The maximum absolute atomic E-state index is 12.7. The smallest absolute Gasteiger partial charge is 0.331 e. The molecular formula is C15H19N3O3. The van der Waals surface area contributed by atoms with Crippen LogP contribution in [0.4, 0.5) is 16.2 Å². The summed E-state index contributed by atoms with van der Waals surface area (Å²) in [5.41, 5.74) is 6.82. The zero-order valence-corrected chi connectivity index (χ0v) is 12.0. The van der Waals surface area contributed by atoms with E-state index in [2.05, 4.69) is 0 Å². The van der Waals surface area contributed by atoms with Crippen molar-refractivity contribution in [3.63, 3.8) is 0 Å². The van der Waals surface area contributed by atoms with Crippen molar-refractivity contribution < 1.29 is 14.3 Å². The van der Waals surface area contributed by atoms with Crippen LogP contribution in [-0.2, 0) is 9.53 Å². The van der Waals surface area contributed by atoms with E-state index >= 15 is 0 Å². The largest absolute Gasteiger partial charge is 0.399 e. The maximum Gasteiger partial charge on any atom is 0.331 e. The van der Waals surface area contributed by atoms with Crippen LogP contribution in [0.5, 0.6) is 0 Å². The van der Waals surface area contributed by atoms with Gasteiger partial charge in [-0.3, -0.25) is 4.79 Å². The van der Waals surface area contributed by atoms with Crippen molar-refractivity contribution in [1.29, 1.82) is 0 Å². The zero-order valence-electron chi connectivity index (χ0n) is 12.0. The van der Waals surface area contributed by atoms with Crippen LogP contribution >= 0.6 is 0 Å². The lowest BCUT2D eigenvalue weighted by Crippen LogP contribution is -2.61. The van der Waals surface area contributed by atoms with Crippen LogP contribution in [0.25, 0.3) is 0 Å². The van der Waals surface area contributed by atoms with E-state index in [1.165, 1.54) is 4.90 Å². The Morgan fingerprint density at radius 2 is 2.14 bits per heavy atom. The molecule has 112 valence electrons. The van der Waals surface area contributed by atoms with Crippen molar-refractivity contribution in [3.05, 3.63) is 24.3 Å². The third-order valence-electron chi connectivity index (χ3n) is 4.02. The molecule has 2 saturated heterocycles. The predicted octanol–water partition coefficient (Wildman–Crippen LogP) is 1.46. The van der Waals surface area contributed by atoms with E-state index in [4.69, 9.17) is 10.5 Å². The van der Waals surface area contributed by atoms with Crippen LogP contribution < -0.4 is 10.6 Å². The highest BCUT2D eigenvalue weighted by Crippen LogP contribution is 2.32. The lowest BCUT2D eigenvalue weighted by Gasteiger charge is -2.41. The van der Waals surface area contributed by atoms with Gasteiger partial charge in [0.15, 0.2) is 0 Å². The fourth-order valence-corrected chi connectivity index (χ4v) is 3.02. The monoisotopic (exact) mass is 289 g/mol. The van der Waals surface area contributed by atoms with Gasteiger partial charge in [-0.15, -0.1) is 0 Å². The van der Waals surface area contributed by atoms with Gasteiger partial charge in [0, 0.05) is 12.2 Å². The van der Waals surface area contributed by atoms with E-state index in [1.54, 1.807) is 29.2 Å². The highest BCUT2D eigenvalue weighted by atomic mass is 16.5. The summed E-state index contributed by atoms with van der Waals surface area (Å²) >= 11 is 0. The van der Waals surface area contributed by atoms with Crippen LogP contribution in [0.3, 0.4) is 0 Å². The first-order valence-electron chi connectivity index (χ1n) is 7.21. The molecule has 2 unspecified atom stereocenters. The molecule has 3 amide bonds. The zero-order chi connectivity index (χ0) is 15.0. The molecule has 2 heterocycles. The van der Waals surface area contributed by atoms with Crippen LogP contribution in [0.15, 0.2) is 24.3 Å². The first-order valence-corrected chi connectivity index (χ1v) is 7.21. The number of carbonyl (C=O) groups excluding carboxylic acids is 2. The first-order chi connectivity index (χ1) is 10.1. The minimum Gasteiger partial charge on any atom is -0.399 e. The molecule has 2 atom stereocenters. The molecule has 21 heavy (non-hydrogen) atoms. The van der Waals surface area contributed by atoms with Gasteiger partial charge in [-0.05, 0) is 24.6 Å². The molecule has 6 heteroatoms. The van der Waals surface area contributed by atoms with Crippen molar-refractivity contribution in [2.24, 2.45) is 5.92 Å². The van der Waals surface area contributed by atoms with E-state index < -0.39 is 0 Å². The summed E-state index contributed by atoms with van der Waals surface area (Å²) in [6.45, 7) is 3.44. The molecule has 0 spiro atoms. The average Bonchev–Trinajstić information content (AvgIpc) is 2.93. The number of nitrogens with zero attached hydrogens (tertiary/aromatic N) is 2. The summed E-state index contributed by atoms with van der Waals surface area (Å²) < 4.78 is 5.43. The van der Waals surface area contributed by atoms with Gasteiger partial charge in [-0.2, -0.15) is 0 Å². The third-order valence-corrected chi connectivity index (χ3v) is 4.02. The normalized spacial score (nSPS) is 25.4. The Kier molecular flexibility index (Phi) is 3.55. The minimum absolute atomic E-state index is 0.137. The Morgan fingerprint density at radius 1 is 1.33 bits per heavy atom. The van der Waals surface area contributed by atoms with Gasteiger partial charge in [0.2, 0.25) is 5.91 Å². The van der Waals surface area contributed by atoms with E-state index in [1.807, 2.05) is 6.92 Å². The van der Waals surface area contributed by atoms with Gasteiger partial charge >= 0.3 is 6.03 Å². The number of hydrogen-bond donors (Lipinski definition) is 1. The van der Waals surface area contributed by atoms with Crippen LogP contribution in [0, 0.1) is 5.92 Å². The van der Waals surface area contributed by atoms with Crippen molar-refractivity contribution in [2.45, 2.75) is 19.4 Å². The second-order valence-corrected chi connectivity index (χ2v) is 5.46. The number of nitrogen functional groups attached to an aromatic ring is 1. The number of amides is 3. The molecule has 1 aromatic carbocycles. The van der Waals surface area contributed by atoms with E-state index in [9.17, 15) is 9.59 Å². The molecule has 1 aromatic rings. The number of imide groups is 1. The molecule has 0 bridgehead atoms. The Morgan fingerprint density at radius 3 is 2.86 bits per heavy atom. The van der Waals surface area contributed by atoms with Gasteiger partial charge in [-0.25, -0.2) is 9.69 Å². The molecule has 0 aliphatic carbocycles. The van der Waals surface area contributed by atoms with Gasteiger partial charge in [0.05, 0.1) is 30.9 Å². The number of nitrogens with two attached hydrogens (primary N) is 1. The second kappa shape index (κ2) is 5.37. The molecule has 2 N–H and O–H groups in total. The molecule has 0 aromatic heterocycles. The Bertz CT molecular complexity index is 575. The SMILES string of the molecule is CCCN1C(=O)N(c2cccc(N)c2)C(=O)C2COCC21. The molecule has 6 nitrogen and oxygen atoms in total. The van der Waals surface area contributed by atoms with Gasteiger partial charge in [0.1, 0.15) is 0 Å². The van der Waals surface area contributed by atoms with Crippen molar-refractivity contribution in [3.8, 4) is 0 Å². The number of rotatable bonds is 3. The Labute approximate surface area is 123 Å². The quantitative estimate of drug-likeness (QED) is 0.855. The van der Waals surface area contributed by atoms with Crippen LogP contribution in [0.1, 0.15) is 13.3 Å². The molecule has 2 aliphatic heterocycles. The molecule has 3 rings (SSSR count). The highest BCUT2D eigenvalue weighted by molar-refractivity contribution is 6.17. The molecular weight excluding hydrogens is 270 g/mol.